The van der Waals surface area contributed by atoms with Crippen molar-refractivity contribution in [3.8, 4) is 0 Å². The van der Waals surface area contributed by atoms with Crippen LogP contribution in [0.5, 0.6) is 0 Å². The minimum atomic E-state index is -0.844. The molecule has 0 amide bonds. The molecule has 2 N–H and O–H groups in total. The van der Waals surface area contributed by atoms with E-state index < -0.39 is 12.0 Å². The molecule has 0 saturated heterocycles. The quantitative estimate of drug-likeness (QED) is 0.655. The van der Waals surface area contributed by atoms with E-state index in [2.05, 4.69) is 11.6 Å². The van der Waals surface area contributed by atoms with Crippen LogP contribution in [0.25, 0.3) is 0 Å². The number of carboxylic acid groups (broad SMARTS) is 1. The van der Waals surface area contributed by atoms with Crippen LogP contribution >= 0.6 is 11.8 Å². The van der Waals surface area contributed by atoms with Crippen molar-refractivity contribution >= 4 is 17.7 Å². The molecular weight excluding hydrogens is 202 g/mol. The highest BCUT2D eigenvalue weighted by Gasteiger charge is 2.42. The van der Waals surface area contributed by atoms with Crippen molar-refractivity contribution in [2.75, 3.05) is 26.5 Å². The molecule has 1 atom stereocenters. The lowest BCUT2D eigenvalue weighted by molar-refractivity contribution is -0.140. The number of hydrogen-bond acceptors (Lipinski definition) is 4. The van der Waals surface area contributed by atoms with E-state index in [1.807, 2.05) is 11.8 Å². The van der Waals surface area contributed by atoms with Crippen LogP contribution in [0.1, 0.15) is 12.8 Å². The van der Waals surface area contributed by atoms with E-state index in [1.54, 1.807) is 0 Å². The third-order valence-electron chi connectivity index (χ3n) is 2.54. The molecule has 0 aromatic rings. The summed E-state index contributed by atoms with van der Waals surface area (Å²) in [4.78, 5) is 10.8. The molecule has 0 spiro atoms. The zero-order valence-electron chi connectivity index (χ0n) is 8.58. The molecule has 0 bridgehead atoms. The number of carboxylic acids is 1. The molecule has 1 aliphatic carbocycles. The zero-order valence-corrected chi connectivity index (χ0v) is 9.39. The second-order valence-electron chi connectivity index (χ2n) is 3.61. The molecule has 0 aromatic heterocycles. The Morgan fingerprint density at radius 2 is 2.36 bits per heavy atom. The number of thioether (sulfide) groups is 1. The summed E-state index contributed by atoms with van der Waals surface area (Å²) in [5.74, 6) is -0.844. The lowest BCUT2D eigenvalue weighted by Gasteiger charge is -2.17. The van der Waals surface area contributed by atoms with Crippen molar-refractivity contribution in [1.82, 2.24) is 5.32 Å². The predicted octanol–water partition coefficient (Wildman–Crippen LogP) is 0.571. The maximum atomic E-state index is 10.8. The Morgan fingerprint density at radius 1 is 1.71 bits per heavy atom. The van der Waals surface area contributed by atoms with Crippen LogP contribution in [-0.2, 0) is 9.53 Å². The van der Waals surface area contributed by atoms with E-state index in [0.717, 1.165) is 6.54 Å². The van der Waals surface area contributed by atoms with Gasteiger partial charge in [-0.05, 0) is 19.1 Å². The maximum absolute atomic E-state index is 10.8. The summed E-state index contributed by atoms with van der Waals surface area (Å²) in [5.41, 5.74) is 0. The molecule has 0 radical (unpaired) electrons. The minimum Gasteiger partial charge on any atom is -0.480 e. The van der Waals surface area contributed by atoms with Gasteiger partial charge in [-0.15, -0.1) is 0 Å². The third kappa shape index (κ3) is 3.15. The summed E-state index contributed by atoms with van der Waals surface area (Å²) in [5, 5.41) is 11.9. The fourth-order valence-corrected chi connectivity index (χ4v) is 2.02. The lowest BCUT2D eigenvalue weighted by atomic mass is 10.3. The van der Waals surface area contributed by atoms with Crippen LogP contribution in [0.15, 0.2) is 0 Å². The van der Waals surface area contributed by atoms with Crippen LogP contribution in [-0.4, -0.2) is 48.4 Å². The average Bonchev–Trinajstić information content (AvgIpc) is 2.92. The van der Waals surface area contributed by atoms with E-state index in [-0.39, 0.29) is 6.61 Å². The summed E-state index contributed by atoms with van der Waals surface area (Å²) < 4.78 is 5.13. The Kier molecular flexibility index (Phi) is 4.22. The van der Waals surface area contributed by atoms with E-state index >= 15 is 0 Å². The fraction of sp³-hybridized carbons (Fsp3) is 0.889. The number of nitrogens with one attached hydrogen (secondary N) is 1. The number of carbonyl (C=O) groups is 1. The van der Waals surface area contributed by atoms with Crippen molar-refractivity contribution in [3.63, 3.8) is 0 Å². The highest BCUT2D eigenvalue weighted by molar-refractivity contribution is 8.00. The lowest BCUT2D eigenvalue weighted by Crippen LogP contribution is -2.43. The van der Waals surface area contributed by atoms with Crippen LogP contribution in [0.4, 0.5) is 0 Å². The van der Waals surface area contributed by atoms with Crippen LogP contribution in [0.2, 0.25) is 0 Å². The minimum absolute atomic E-state index is 0.222. The molecule has 82 valence electrons. The fourth-order valence-electron chi connectivity index (χ4n) is 1.29. The molecule has 1 fully saturated rings. The maximum Gasteiger partial charge on any atom is 0.323 e. The van der Waals surface area contributed by atoms with Crippen molar-refractivity contribution in [3.05, 3.63) is 0 Å². The average molecular weight is 219 g/mol. The topological polar surface area (TPSA) is 58.6 Å². The van der Waals surface area contributed by atoms with Crippen LogP contribution < -0.4 is 5.32 Å². The Balaban J connectivity index is 2.29. The summed E-state index contributed by atoms with van der Waals surface area (Å²) >= 11 is 1.81. The molecule has 1 saturated carbocycles. The SMILES string of the molecule is COCC(NCC1(SC)CC1)C(=O)O. The number of aliphatic carboxylic acids is 1. The normalized spacial score (nSPS) is 20.4. The van der Waals surface area contributed by atoms with Gasteiger partial charge in [-0.1, -0.05) is 0 Å². The van der Waals surface area contributed by atoms with Crippen LogP contribution in [0.3, 0.4) is 0 Å². The molecule has 0 aliphatic heterocycles. The Bertz CT molecular complexity index is 206. The van der Waals surface area contributed by atoms with E-state index in [0.29, 0.717) is 4.75 Å². The van der Waals surface area contributed by atoms with Gasteiger partial charge in [-0.3, -0.25) is 4.79 Å². The summed E-state index contributed by atoms with van der Waals surface area (Å²) in [6, 6.07) is -0.579. The molecule has 14 heavy (non-hydrogen) atoms. The molecular formula is C9H17NO3S. The predicted molar refractivity (Wildman–Crippen MR) is 56.8 cm³/mol. The summed E-state index contributed by atoms with van der Waals surface area (Å²) in [6.45, 7) is 0.980. The molecule has 5 heteroatoms. The van der Waals surface area contributed by atoms with Crippen molar-refractivity contribution in [2.45, 2.75) is 23.6 Å². The summed E-state index contributed by atoms with van der Waals surface area (Å²) in [7, 11) is 1.51. The Morgan fingerprint density at radius 3 is 2.71 bits per heavy atom. The van der Waals surface area contributed by atoms with Gasteiger partial charge in [-0.25, -0.2) is 0 Å². The van der Waals surface area contributed by atoms with Crippen molar-refractivity contribution in [2.24, 2.45) is 0 Å². The standard InChI is InChI=1S/C9H17NO3S/c1-13-5-7(8(11)12)10-6-9(14-2)3-4-9/h7,10H,3-6H2,1-2H3,(H,11,12). The zero-order chi connectivity index (χ0) is 10.6. The van der Waals surface area contributed by atoms with Gasteiger partial charge >= 0.3 is 5.97 Å². The first-order valence-corrected chi connectivity index (χ1v) is 5.86. The van der Waals surface area contributed by atoms with Gasteiger partial charge in [-0.2, -0.15) is 11.8 Å². The van der Waals surface area contributed by atoms with E-state index in [4.69, 9.17) is 9.84 Å². The first kappa shape index (κ1) is 11.8. The number of hydrogen-bond donors (Lipinski definition) is 2. The highest BCUT2D eigenvalue weighted by Crippen LogP contribution is 2.46. The molecule has 0 heterocycles. The monoisotopic (exact) mass is 219 g/mol. The molecule has 1 aliphatic rings. The molecule has 4 nitrogen and oxygen atoms in total. The van der Waals surface area contributed by atoms with Gasteiger partial charge in [0.25, 0.3) is 0 Å². The largest absolute Gasteiger partial charge is 0.480 e. The van der Waals surface area contributed by atoms with Crippen LogP contribution in [0, 0.1) is 0 Å². The van der Waals surface area contributed by atoms with Gasteiger partial charge in [0.05, 0.1) is 6.61 Å². The first-order valence-electron chi connectivity index (χ1n) is 4.64. The van der Waals surface area contributed by atoms with Gasteiger partial charge in [0, 0.05) is 18.4 Å². The smallest absolute Gasteiger partial charge is 0.323 e. The third-order valence-corrected chi connectivity index (χ3v) is 3.96. The number of rotatable bonds is 7. The number of methoxy groups -OCH3 is 1. The second kappa shape index (κ2) is 5.00. The van der Waals surface area contributed by atoms with Gasteiger partial charge in [0.15, 0.2) is 0 Å². The first-order chi connectivity index (χ1) is 6.63. The van der Waals surface area contributed by atoms with Gasteiger partial charge in [0.2, 0.25) is 0 Å². The van der Waals surface area contributed by atoms with Gasteiger partial charge in [0.1, 0.15) is 6.04 Å². The highest BCUT2D eigenvalue weighted by atomic mass is 32.2. The van der Waals surface area contributed by atoms with E-state index in [1.165, 1.54) is 20.0 Å². The van der Waals surface area contributed by atoms with Gasteiger partial charge < -0.3 is 15.2 Å². The van der Waals surface area contributed by atoms with E-state index in [9.17, 15) is 4.79 Å². The molecule has 0 aromatic carbocycles. The molecule has 1 unspecified atom stereocenters. The van der Waals surface area contributed by atoms with Crippen molar-refractivity contribution in [1.29, 1.82) is 0 Å². The Hall–Kier alpha value is -0.260. The summed E-state index contributed by atoms with van der Waals surface area (Å²) in [6.07, 6.45) is 4.43. The Labute approximate surface area is 88.4 Å². The number of ether oxygens (including phenoxy) is 1. The van der Waals surface area contributed by atoms with Crippen molar-refractivity contribution < 1.29 is 14.6 Å². The molecule has 1 rings (SSSR count). The second-order valence-corrected chi connectivity index (χ2v) is 4.89.